The van der Waals surface area contributed by atoms with Crippen LogP contribution >= 0.6 is 23.2 Å². The standard InChI is InChI=1S/C19H20Cl2N2O4/c1-26-14-4-2-13(3-5-14)19(25)23-10-9-22-18(24)8-11-27-15-6-7-16(20)17(21)12-15/h2-7,12H,8-11H2,1H3,(H,22,24)(H,23,25). The molecular weight excluding hydrogens is 391 g/mol. The van der Waals surface area contributed by atoms with Gasteiger partial charge in [-0.3, -0.25) is 9.59 Å². The number of nitrogens with one attached hydrogen (secondary N) is 2. The molecule has 8 heteroatoms. The lowest BCUT2D eigenvalue weighted by molar-refractivity contribution is -0.121. The van der Waals surface area contributed by atoms with Crippen molar-refractivity contribution in [3.8, 4) is 11.5 Å². The van der Waals surface area contributed by atoms with E-state index >= 15 is 0 Å². The highest BCUT2D eigenvalue weighted by Crippen LogP contribution is 2.26. The number of amides is 2. The Morgan fingerprint density at radius 2 is 1.59 bits per heavy atom. The van der Waals surface area contributed by atoms with E-state index in [0.29, 0.717) is 40.2 Å². The van der Waals surface area contributed by atoms with Crippen LogP contribution in [0.1, 0.15) is 16.8 Å². The molecule has 0 bridgehead atoms. The summed E-state index contributed by atoms with van der Waals surface area (Å²) in [5.41, 5.74) is 0.525. The van der Waals surface area contributed by atoms with Crippen molar-refractivity contribution in [2.24, 2.45) is 0 Å². The van der Waals surface area contributed by atoms with Gasteiger partial charge in [-0.1, -0.05) is 23.2 Å². The molecule has 0 aliphatic rings. The normalized spacial score (nSPS) is 10.2. The van der Waals surface area contributed by atoms with Gasteiger partial charge in [0.2, 0.25) is 5.91 Å². The molecule has 0 spiro atoms. The van der Waals surface area contributed by atoms with Gasteiger partial charge in [-0.05, 0) is 36.4 Å². The van der Waals surface area contributed by atoms with Crippen molar-refractivity contribution in [1.29, 1.82) is 0 Å². The first-order valence-corrected chi connectivity index (χ1v) is 9.02. The molecule has 0 aromatic heterocycles. The molecule has 0 aliphatic heterocycles. The number of carbonyl (C=O) groups is 2. The SMILES string of the molecule is COc1ccc(C(=O)NCCNC(=O)CCOc2ccc(Cl)c(Cl)c2)cc1. The number of hydrogen-bond acceptors (Lipinski definition) is 4. The molecule has 0 atom stereocenters. The second-order valence-electron chi connectivity index (χ2n) is 5.51. The third-order valence-corrected chi connectivity index (χ3v) is 4.31. The molecule has 2 amide bonds. The second kappa shape index (κ2) is 10.6. The minimum atomic E-state index is -0.213. The molecule has 2 rings (SSSR count). The molecule has 0 saturated heterocycles. The molecule has 144 valence electrons. The number of methoxy groups -OCH3 is 1. The van der Waals surface area contributed by atoms with E-state index in [4.69, 9.17) is 32.7 Å². The zero-order chi connectivity index (χ0) is 19.6. The van der Waals surface area contributed by atoms with Crippen LogP contribution in [0, 0.1) is 0 Å². The van der Waals surface area contributed by atoms with Crippen LogP contribution in [0.5, 0.6) is 11.5 Å². The fraction of sp³-hybridized carbons (Fsp3) is 0.263. The van der Waals surface area contributed by atoms with Gasteiger partial charge in [0.25, 0.3) is 5.91 Å². The quantitative estimate of drug-likeness (QED) is 0.621. The Morgan fingerprint density at radius 3 is 2.26 bits per heavy atom. The zero-order valence-electron chi connectivity index (χ0n) is 14.8. The number of benzene rings is 2. The first-order valence-electron chi connectivity index (χ1n) is 8.26. The molecular formula is C19H20Cl2N2O4. The Balaban J connectivity index is 1.61. The molecule has 0 unspecified atom stereocenters. The van der Waals surface area contributed by atoms with Crippen molar-refractivity contribution in [2.75, 3.05) is 26.8 Å². The van der Waals surface area contributed by atoms with E-state index in [9.17, 15) is 9.59 Å². The number of carbonyl (C=O) groups excluding carboxylic acids is 2. The summed E-state index contributed by atoms with van der Waals surface area (Å²) in [6.45, 7) is 0.861. The van der Waals surface area contributed by atoms with E-state index in [-0.39, 0.29) is 24.8 Å². The van der Waals surface area contributed by atoms with Gasteiger partial charge in [0.1, 0.15) is 11.5 Å². The van der Waals surface area contributed by atoms with Crippen molar-refractivity contribution in [1.82, 2.24) is 10.6 Å². The topological polar surface area (TPSA) is 76.7 Å². The van der Waals surface area contributed by atoms with Crippen molar-refractivity contribution in [3.63, 3.8) is 0 Å². The van der Waals surface area contributed by atoms with E-state index < -0.39 is 0 Å². The van der Waals surface area contributed by atoms with Gasteiger partial charge in [0, 0.05) is 24.7 Å². The Morgan fingerprint density at radius 1 is 0.926 bits per heavy atom. The van der Waals surface area contributed by atoms with Crippen LogP contribution in [-0.4, -0.2) is 38.6 Å². The predicted molar refractivity (Wildman–Crippen MR) is 105 cm³/mol. The molecule has 2 aromatic rings. The van der Waals surface area contributed by atoms with Gasteiger partial charge in [-0.25, -0.2) is 0 Å². The molecule has 0 radical (unpaired) electrons. The van der Waals surface area contributed by atoms with Gasteiger partial charge in [0.05, 0.1) is 30.2 Å². The molecule has 0 saturated carbocycles. The van der Waals surface area contributed by atoms with E-state index in [0.717, 1.165) is 0 Å². The molecule has 0 fully saturated rings. The van der Waals surface area contributed by atoms with Crippen LogP contribution in [-0.2, 0) is 4.79 Å². The first-order chi connectivity index (χ1) is 13.0. The minimum Gasteiger partial charge on any atom is -0.497 e. The monoisotopic (exact) mass is 410 g/mol. The number of halogens is 2. The Kier molecular flexibility index (Phi) is 8.23. The second-order valence-corrected chi connectivity index (χ2v) is 6.32. The number of ether oxygens (including phenoxy) is 2. The highest BCUT2D eigenvalue weighted by atomic mass is 35.5. The summed E-state index contributed by atoms with van der Waals surface area (Å²) in [5, 5.41) is 6.28. The van der Waals surface area contributed by atoms with Gasteiger partial charge >= 0.3 is 0 Å². The largest absolute Gasteiger partial charge is 0.497 e. The van der Waals surface area contributed by atoms with Crippen LogP contribution < -0.4 is 20.1 Å². The van der Waals surface area contributed by atoms with Gasteiger partial charge in [-0.15, -0.1) is 0 Å². The molecule has 2 N–H and O–H groups in total. The lowest BCUT2D eigenvalue weighted by Crippen LogP contribution is -2.35. The molecule has 6 nitrogen and oxygen atoms in total. The van der Waals surface area contributed by atoms with Crippen LogP contribution in [0.25, 0.3) is 0 Å². The Labute approximate surface area is 167 Å². The average molecular weight is 411 g/mol. The minimum absolute atomic E-state index is 0.172. The predicted octanol–water partition coefficient (Wildman–Crippen LogP) is 3.32. The Bertz CT molecular complexity index is 782. The summed E-state index contributed by atoms with van der Waals surface area (Å²) < 4.78 is 10.5. The zero-order valence-corrected chi connectivity index (χ0v) is 16.3. The summed E-state index contributed by atoms with van der Waals surface area (Å²) in [5.74, 6) is 0.842. The summed E-state index contributed by atoms with van der Waals surface area (Å²) in [7, 11) is 1.56. The maximum absolute atomic E-state index is 12.0. The van der Waals surface area contributed by atoms with Gasteiger partial charge < -0.3 is 20.1 Å². The van der Waals surface area contributed by atoms with Crippen LogP contribution in [0.2, 0.25) is 10.0 Å². The summed E-state index contributed by atoms with van der Waals surface area (Å²) >= 11 is 11.7. The fourth-order valence-electron chi connectivity index (χ4n) is 2.14. The van der Waals surface area contributed by atoms with Crippen molar-refractivity contribution in [2.45, 2.75) is 6.42 Å². The van der Waals surface area contributed by atoms with E-state index in [2.05, 4.69) is 10.6 Å². The van der Waals surface area contributed by atoms with Crippen LogP contribution in [0.4, 0.5) is 0 Å². The van der Waals surface area contributed by atoms with E-state index in [1.807, 2.05) is 0 Å². The van der Waals surface area contributed by atoms with E-state index in [1.54, 1.807) is 49.6 Å². The third-order valence-electron chi connectivity index (χ3n) is 3.57. The number of rotatable bonds is 9. The van der Waals surface area contributed by atoms with Gasteiger partial charge in [0.15, 0.2) is 0 Å². The van der Waals surface area contributed by atoms with Crippen LogP contribution in [0.3, 0.4) is 0 Å². The third kappa shape index (κ3) is 7.00. The lowest BCUT2D eigenvalue weighted by Gasteiger charge is -2.09. The first kappa shape index (κ1) is 20.9. The summed E-state index contributed by atoms with van der Waals surface area (Å²) in [4.78, 5) is 23.7. The molecule has 2 aromatic carbocycles. The smallest absolute Gasteiger partial charge is 0.251 e. The van der Waals surface area contributed by atoms with Crippen molar-refractivity contribution in [3.05, 3.63) is 58.1 Å². The fourth-order valence-corrected chi connectivity index (χ4v) is 2.43. The Hall–Kier alpha value is -2.44. The molecule has 27 heavy (non-hydrogen) atoms. The maximum atomic E-state index is 12.0. The highest BCUT2D eigenvalue weighted by molar-refractivity contribution is 6.42. The maximum Gasteiger partial charge on any atom is 0.251 e. The van der Waals surface area contributed by atoms with Crippen molar-refractivity contribution >= 4 is 35.0 Å². The lowest BCUT2D eigenvalue weighted by atomic mass is 10.2. The molecule has 0 heterocycles. The van der Waals surface area contributed by atoms with Gasteiger partial charge in [-0.2, -0.15) is 0 Å². The average Bonchev–Trinajstić information content (AvgIpc) is 2.68. The van der Waals surface area contributed by atoms with Crippen LogP contribution in [0.15, 0.2) is 42.5 Å². The molecule has 0 aliphatic carbocycles. The van der Waals surface area contributed by atoms with Crippen molar-refractivity contribution < 1.29 is 19.1 Å². The highest BCUT2D eigenvalue weighted by Gasteiger charge is 2.06. The summed E-state index contributed by atoms with van der Waals surface area (Å²) in [6, 6.07) is 11.7. The summed E-state index contributed by atoms with van der Waals surface area (Å²) in [6.07, 6.45) is 0.187. The number of hydrogen-bond donors (Lipinski definition) is 2. The van der Waals surface area contributed by atoms with E-state index in [1.165, 1.54) is 0 Å².